The Labute approximate surface area is 307 Å². The van der Waals surface area contributed by atoms with Gasteiger partial charge in [0.05, 0.1) is 0 Å². The van der Waals surface area contributed by atoms with E-state index in [2.05, 4.69) is 164 Å². The minimum absolute atomic E-state index is 0.114. The molecule has 2 unspecified atom stereocenters. The standard InChI is InChI=1S/C20H23Si.C19H21Si.C4H11Si.2ClH.Zr/c1-5-15-13-17-7-6-8-19(20(17)14-15)16-9-11-18(12-10-16)21(2,3)4;1-14-12-16-6-5-7-18(19(16)13-14)15-8-10-17(11-9-15)20(2,3)4;1-3-5-4-2;;;/h6-14H,5H2,1-4H3;5-13H,1-4H3;5H,3-4H2,1-2H3;2*1H;/q;;;;;+2/p-2. The summed E-state index contributed by atoms with van der Waals surface area (Å²) in [5.74, 6) is -1.61. The summed E-state index contributed by atoms with van der Waals surface area (Å²) in [6, 6.07) is 35.0. The second kappa shape index (κ2) is 13.5. The van der Waals surface area contributed by atoms with Gasteiger partial charge < -0.3 is 0 Å². The van der Waals surface area contributed by atoms with E-state index in [4.69, 9.17) is 17.0 Å². The summed E-state index contributed by atoms with van der Waals surface area (Å²) in [6.07, 6.45) is 5.93. The van der Waals surface area contributed by atoms with Gasteiger partial charge in [0.15, 0.2) is 0 Å². The summed E-state index contributed by atoms with van der Waals surface area (Å²) in [5.41, 5.74) is 13.5. The molecule has 2 aliphatic rings. The molecule has 2 atom stereocenters. The molecule has 6 rings (SSSR count). The number of halogens is 2. The molecular formula is C43H55Cl2Si3Zr. The van der Waals surface area contributed by atoms with E-state index in [1.165, 1.54) is 66.0 Å². The number of allylic oxidation sites excluding steroid dienone is 2. The summed E-state index contributed by atoms with van der Waals surface area (Å²) >= 11 is -4.85. The van der Waals surface area contributed by atoms with E-state index in [0.717, 1.165) is 18.5 Å². The van der Waals surface area contributed by atoms with Gasteiger partial charge in [0, 0.05) is 0 Å². The fraction of sp³-hybridized carbons (Fsp3) is 0.349. The van der Waals surface area contributed by atoms with E-state index in [1.807, 2.05) is 0 Å². The summed E-state index contributed by atoms with van der Waals surface area (Å²) in [5, 5.41) is 2.99. The summed E-state index contributed by atoms with van der Waals surface area (Å²) in [6.45, 7) is 23.9. The molecule has 0 aliphatic heterocycles. The molecule has 4 aromatic rings. The van der Waals surface area contributed by atoms with Crippen LogP contribution in [0.15, 0.2) is 96.1 Å². The topological polar surface area (TPSA) is 0 Å². The molecule has 0 N–H and O–H groups in total. The van der Waals surface area contributed by atoms with Crippen LogP contribution in [-0.2, 0) is 15.6 Å². The molecule has 0 amide bonds. The Morgan fingerprint density at radius 3 is 1.43 bits per heavy atom. The van der Waals surface area contributed by atoms with Crippen LogP contribution in [0.25, 0.3) is 34.4 Å². The molecule has 0 heterocycles. The molecule has 0 fully saturated rings. The van der Waals surface area contributed by atoms with E-state index >= 15 is 0 Å². The van der Waals surface area contributed by atoms with E-state index in [0.29, 0.717) is 0 Å². The molecule has 257 valence electrons. The second-order valence-electron chi connectivity index (χ2n) is 16.8. The first-order valence-corrected chi connectivity index (χ1v) is 41.1. The Balaban J connectivity index is 1.53. The Morgan fingerprint density at radius 2 is 1.02 bits per heavy atom. The average molecular weight is 818 g/mol. The van der Waals surface area contributed by atoms with Crippen molar-refractivity contribution in [1.29, 1.82) is 0 Å². The van der Waals surface area contributed by atoms with Crippen LogP contribution in [0.1, 0.15) is 63.6 Å². The van der Waals surface area contributed by atoms with Gasteiger partial charge in [0.2, 0.25) is 0 Å². The van der Waals surface area contributed by atoms with Gasteiger partial charge in [-0.25, -0.2) is 0 Å². The van der Waals surface area contributed by atoms with Crippen LogP contribution in [0.4, 0.5) is 0 Å². The first-order chi connectivity index (χ1) is 23.0. The Bertz CT molecular complexity index is 1940. The van der Waals surface area contributed by atoms with Crippen molar-refractivity contribution in [3.8, 4) is 22.3 Å². The van der Waals surface area contributed by atoms with E-state index < -0.39 is 37.6 Å². The fourth-order valence-corrected chi connectivity index (χ4v) is 65.2. The molecule has 6 heteroatoms. The maximum atomic E-state index is 8.80. The van der Waals surface area contributed by atoms with E-state index in [9.17, 15) is 0 Å². The van der Waals surface area contributed by atoms with Gasteiger partial charge in [-0.3, -0.25) is 0 Å². The third kappa shape index (κ3) is 6.33. The predicted molar refractivity (Wildman–Crippen MR) is 227 cm³/mol. The van der Waals surface area contributed by atoms with Crippen LogP contribution in [0, 0.1) is 0 Å². The summed E-state index contributed by atoms with van der Waals surface area (Å²) < 4.78 is 0.240. The number of fused-ring (bicyclic) bond motifs is 2. The number of hydrogen-bond acceptors (Lipinski definition) is 0. The van der Waals surface area contributed by atoms with Crippen LogP contribution in [0.3, 0.4) is 0 Å². The zero-order valence-electron chi connectivity index (χ0n) is 31.3. The molecule has 0 spiro atoms. The zero-order chi connectivity index (χ0) is 35.5. The van der Waals surface area contributed by atoms with Crippen molar-refractivity contribution in [2.45, 2.75) is 92.7 Å². The third-order valence-corrected chi connectivity index (χ3v) is 66.1. The van der Waals surface area contributed by atoms with Gasteiger partial charge in [-0.05, 0) is 0 Å². The van der Waals surface area contributed by atoms with Crippen molar-refractivity contribution in [1.82, 2.24) is 0 Å². The summed E-state index contributed by atoms with van der Waals surface area (Å²) in [7, 11) is 14.8. The molecular weight excluding hydrogens is 763 g/mol. The fourth-order valence-electron chi connectivity index (χ4n) is 9.22. The second-order valence-corrected chi connectivity index (χ2v) is 67.7. The quantitative estimate of drug-likeness (QED) is 0.140. The van der Waals surface area contributed by atoms with Crippen molar-refractivity contribution in [2.75, 3.05) is 0 Å². The Hall–Kier alpha value is -1.53. The Kier molecular flexibility index (Phi) is 10.2. The van der Waals surface area contributed by atoms with Crippen LogP contribution in [0.5, 0.6) is 0 Å². The van der Waals surface area contributed by atoms with E-state index in [-0.39, 0.29) is 7.25 Å². The number of benzene rings is 4. The number of rotatable bonds is 10. The third-order valence-electron chi connectivity index (χ3n) is 11.8. The van der Waals surface area contributed by atoms with Crippen molar-refractivity contribution in [3.63, 3.8) is 0 Å². The molecule has 0 saturated carbocycles. The van der Waals surface area contributed by atoms with Crippen LogP contribution in [0.2, 0.25) is 51.4 Å². The van der Waals surface area contributed by atoms with E-state index in [1.54, 1.807) is 0 Å². The first-order valence-electron chi connectivity index (χ1n) is 18.5. The molecule has 0 saturated heterocycles. The first kappa shape index (κ1) is 37.2. The van der Waals surface area contributed by atoms with Crippen LogP contribution >= 0.6 is 17.0 Å². The molecule has 0 radical (unpaired) electrons. The van der Waals surface area contributed by atoms with Crippen LogP contribution in [-0.4, -0.2) is 22.1 Å². The van der Waals surface area contributed by atoms with Gasteiger partial charge >= 0.3 is 310 Å². The van der Waals surface area contributed by atoms with Crippen molar-refractivity contribution >= 4 is 61.6 Å². The molecule has 0 nitrogen and oxygen atoms in total. The minimum atomic E-state index is -4.85. The molecule has 4 aromatic carbocycles. The van der Waals surface area contributed by atoms with Gasteiger partial charge in [-0.1, -0.05) is 0 Å². The number of hydrogen-bond donors (Lipinski definition) is 0. The van der Waals surface area contributed by atoms with Crippen molar-refractivity contribution < 1.29 is 15.6 Å². The van der Waals surface area contributed by atoms with Gasteiger partial charge in [-0.15, -0.1) is 0 Å². The normalized spacial score (nSPS) is 18.5. The van der Waals surface area contributed by atoms with Crippen molar-refractivity contribution in [3.05, 3.63) is 118 Å². The molecule has 0 bridgehead atoms. The monoisotopic (exact) mass is 815 g/mol. The molecule has 0 aromatic heterocycles. The van der Waals surface area contributed by atoms with Gasteiger partial charge in [0.25, 0.3) is 0 Å². The zero-order valence-corrected chi connectivity index (χ0v) is 38.5. The van der Waals surface area contributed by atoms with Crippen molar-refractivity contribution in [2.24, 2.45) is 0 Å². The Morgan fingerprint density at radius 1 is 0.592 bits per heavy atom. The SMILES string of the molecule is CCC1=Cc2c(-c3ccc([Si](C)(C)C)cc3)cccc2[CH]1[Zr]([Cl])([Cl])([CH]1C(C)=Cc2c(-c3ccc([Si](C)(C)C)cc3)cccc21)[SiH](CC)CC. The van der Waals surface area contributed by atoms with Crippen LogP contribution < -0.4 is 10.4 Å². The molecule has 49 heavy (non-hydrogen) atoms. The van der Waals surface area contributed by atoms with Gasteiger partial charge in [-0.2, -0.15) is 0 Å². The maximum absolute atomic E-state index is 8.80. The summed E-state index contributed by atoms with van der Waals surface area (Å²) in [4.78, 5) is 0. The van der Waals surface area contributed by atoms with Gasteiger partial charge in [0.1, 0.15) is 0 Å². The molecule has 2 aliphatic carbocycles. The predicted octanol–water partition coefficient (Wildman–Crippen LogP) is 12.9. The average Bonchev–Trinajstić information content (AvgIpc) is 3.63.